The lowest BCUT2D eigenvalue weighted by Gasteiger charge is -2.41. The molecule has 1 aliphatic carbocycles. The first-order valence-corrected chi connectivity index (χ1v) is 24.6. The van der Waals surface area contributed by atoms with Crippen LogP contribution in [0, 0.1) is 0 Å². The maximum Gasteiger partial charge on any atom is 0.472 e. The summed E-state index contributed by atoms with van der Waals surface area (Å²) in [4.78, 5) is 35.6. The Kier molecular flexibility index (Phi) is 34.3. The molecule has 61 heavy (non-hydrogen) atoms. The quantitative estimate of drug-likeness (QED) is 0.0149. The SMILES string of the molecule is CC/C=C\C/C=C\C/C=C\C/C=C\CCCCCCCCCCC(=O)OC(COC(=O)CCCCCCC/C=C\CCCC)COP(=O)(O)OC1C(O)C(O)C(O)C(O)C1O. The van der Waals surface area contributed by atoms with Crippen LogP contribution in [0.1, 0.15) is 168 Å². The van der Waals surface area contributed by atoms with Gasteiger partial charge >= 0.3 is 19.8 Å². The highest BCUT2D eigenvalue weighted by atomic mass is 31.2. The Hall–Kier alpha value is -2.45. The molecule has 13 nitrogen and oxygen atoms in total. The van der Waals surface area contributed by atoms with Crippen LogP contribution in [0.25, 0.3) is 0 Å². The molecule has 1 aliphatic rings. The first kappa shape index (κ1) is 56.6. The van der Waals surface area contributed by atoms with Gasteiger partial charge in [0.05, 0.1) is 6.61 Å². The normalized spacial score (nSPS) is 22.6. The number of rotatable bonds is 37. The monoisotopic (exact) mass is 885 g/mol. The van der Waals surface area contributed by atoms with E-state index in [1.807, 2.05) is 0 Å². The summed E-state index contributed by atoms with van der Waals surface area (Å²) >= 11 is 0. The number of hydrogen-bond donors (Lipinski definition) is 6. The fourth-order valence-electron chi connectivity index (χ4n) is 6.61. The fraction of sp³-hybridized carbons (Fsp3) is 0.745. The Balaban J connectivity index is 2.43. The lowest BCUT2D eigenvalue weighted by molar-refractivity contribution is -0.220. The summed E-state index contributed by atoms with van der Waals surface area (Å²) in [6.07, 6.45) is 31.4. The number of allylic oxidation sites excluding steroid dienone is 10. The Morgan fingerprint density at radius 3 is 1.44 bits per heavy atom. The Bertz CT molecular complexity index is 1300. The smallest absolute Gasteiger partial charge is 0.462 e. The van der Waals surface area contributed by atoms with Crippen LogP contribution in [-0.4, -0.2) is 98.3 Å². The minimum absolute atomic E-state index is 0.0830. The van der Waals surface area contributed by atoms with E-state index in [0.717, 1.165) is 109 Å². The van der Waals surface area contributed by atoms with Crippen molar-refractivity contribution in [3.8, 4) is 0 Å². The van der Waals surface area contributed by atoms with Gasteiger partial charge in [0, 0.05) is 12.8 Å². The van der Waals surface area contributed by atoms with E-state index in [2.05, 4.69) is 74.6 Å². The van der Waals surface area contributed by atoms with Gasteiger partial charge in [-0.1, -0.05) is 145 Å². The number of aliphatic hydroxyl groups is 5. The maximum absolute atomic E-state index is 12.8. The zero-order chi connectivity index (χ0) is 45.0. The average molecular weight is 885 g/mol. The molecule has 1 saturated carbocycles. The third-order valence-electron chi connectivity index (χ3n) is 10.3. The van der Waals surface area contributed by atoms with Gasteiger partial charge in [0.15, 0.2) is 6.10 Å². The van der Waals surface area contributed by atoms with Crippen LogP contribution in [0.2, 0.25) is 0 Å². The summed E-state index contributed by atoms with van der Waals surface area (Å²) in [7, 11) is -5.12. The number of aliphatic hydroxyl groups excluding tert-OH is 5. The molecule has 352 valence electrons. The molecule has 1 rings (SSSR count). The number of ether oxygens (including phenoxy) is 2. The maximum atomic E-state index is 12.8. The van der Waals surface area contributed by atoms with E-state index in [0.29, 0.717) is 12.8 Å². The second-order valence-corrected chi connectivity index (χ2v) is 17.3. The largest absolute Gasteiger partial charge is 0.472 e. The van der Waals surface area contributed by atoms with Gasteiger partial charge in [0.1, 0.15) is 43.2 Å². The van der Waals surface area contributed by atoms with Gasteiger partial charge in [-0.25, -0.2) is 4.57 Å². The van der Waals surface area contributed by atoms with Gasteiger partial charge in [-0.15, -0.1) is 0 Å². The van der Waals surface area contributed by atoms with Crippen molar-refractivity contribution in [1.82, 2.24) is 0 Å². The van der Waals surface area contributed by atoms with Crippen LogP contribution >= 0.6 is 7.82 Å². The Morgan fingerprint density at radius 2 is 0.934 bits per heavy atom. The molecular weight excluding hydrogens is 803 g/mol. The van der Waals surface area contributed by atoms with Crippen LogP contribution in [0.3, 0.4) is 0 Å². The first-order valence-electron chi connectivity index (χ1n) is 23.1. The highest BCUT2D eigenvalue weighted by Crippen LogP contribution is 2.47. The fourth-order valence-corrected chi connectivity index (χ4v) is 7.58. The third-order valence-corrected chi connectivity index (χ3v) is 11.3. The molecule has 0 amide bonds. The summed E-state index contributed by atoms with van der Waals surface area (Å²) in [5.41, 5.74) is 0. The molecular formula is C47H81O13P. The van der Waals surface area contributed by atoms with E-state index < -0.39 is 75.7 Å². The standard InChI is InChI=1S/C47H81O13P/c1-3-5-7-9-11-13-15-16-17-18-19-20-21-22-23-24-26-28-30-32-34-36-41(49)59-39(37-57-40(48)35-33-31-29-27-25-14-12-10-8-6-4-2)38-58-61(55,56)60-47-45(53)43(51)42(50)44(52)46(47)54/h5,7,10-13,16-17,19-20,39,42-47,50-54H,3-4,6,8-9,14-15,18,21-38H2,1-2H3,(H,55,56)/b7-5-,12-10-,13-11-,17-16-,20-19-. The van der Waals surface area contributed by atoms with Crippen molar-refractivity contribution in [3.05, 3.63) is 60.8 Å². The summed E-state index contributed by atoms with van der Waals surface area (Å²) < 4.78 is 33.5. The number of phosphoric ester groups is 1. The summed E-state index contributed by atoms with van der Waals surface area (Å²) in [6.45, 7) is 3.12. The first-order chi connectivity index (χ1) is 29.4. The van der Waals surface area contributed by atoms with Crippen molar-refractivity contribution in [2.24, 2.45) is 0 Å². The second kappa shape index (κ2) is 37.0. The number of unbranched alkanes of at least 4 members (excludes halogenated alkanes) is 15. The average Bonchev–Trinajstić information content (AvgIpc) is 3.24. The zero-order valence-electron chi connectivity index (χ0n) is 37.2. The van der Waals surface area contributed by atoms with E-state index in [4.69, 9.17) is 18.5 Å². The highest BCUT2D eigenvalue weighted by molar-refractivity contribution is 7.47. The van der Waals surface area contributed by atoms with Crippen molar-refractivity contribution in [2.75, 3.05) is 13.2 Å². The third kappa shape index (κ3) is 29.5. The number of hydrogen-bond acceptors (Lipinski definition) is 12. The number of carbonyl (C=O) groups excluding carboxylic acids is 2. The number of carbonyl (C=O) groups is 2. The predicted octanol–water partition coefficient (Wildman–Crippen LogP) is 8.94. The van der Waals surface area contributed by atoms with Gasteiger partial charge in [0.2, 0.25) is 0 Å². The van der Waals surface area contributed by atoms with E-state index >= 15 is 0 Å². The summed E-state index contributed by atoms with van der Waals surface area (Å²) in [6, 6.07) is 0. The molecule has 0 spiro atoms. The van der Waals surface area contributed by atoms with Crippen molar-refractivity contribution in [2.45, 2.75) is 211 Å². The van der Waals surface area contributed by atoms with Gasteiger partial charge in [-0.2, -0.15) is 0 Å². The zero-order valence-corrected chi connectivity index (χ0v) is 38.1. The van der Waals surface area contributed by atoms with Crippen LogP contribution in [0.15, 0.2) is 60.8 Å². The van der Waals surface area contributed by atoms with Crippen molar-refractivity contribution >= 4 is 19.8 Å². The molecule has 6 atom stereocenters. The van der Waals surface area contributed by atoms with E-state index in [-0.39, 0.29) is 12.8 Å². The minimum atomic E-state index is -5.12. The predicted molar refractivity (Wildman–Crippen MR) is 239 cm³/mol. The molecule has 0 heterocycles. The molecule has 14 heteroatoms. The van der Waals surface area contributed by atoms with Gasteiger partial charge in [-0.3, -0.25) is 18.6 Å². The van der Waals surface area contributed by atoms with Crippen LogP contribution < -0.4 is 0 Å². The molecule has 0 saturated heterocycles. The lowest BCUT2D eigenvalue weighted by atomic mass is 9.85. The van der Waals surface area contributed by atoms with E-state index in [1.165, 1.54) is 19.3 Å². The lowest BCUT2D eigenvalue weighted by Crippen LogP contribution is -2.64. The second-order valence-electron chi connectivity index (χ2n) is 15.9. The molecule has 0 aromatic rings. The molecule has 0 bridgehead atoms. The molecule has 6 N–H and O–H groups in total. The summed E-state index contributed by atoms with van der Waals surface area (Å²) in [5.74, 6) is -1.12. The van der Waals surface area contributed by atoms with E-state index in [1.54, 1.807) is 0 Å². The van der Waals surface area contributed by atoms with Gasteiger partial charge < -0.3 is 39.9 Å². The molecule has 1 fully saturated rings. The highest BCUT2D eigenvalue weighted by Gasteiger charge is 2.51. The topological polar surface area (TPSA) is 210 Å². The van der Waals surface area contributed by atoms with Crippen LogP contribution in [0.5, 0.6) is 0 Å². The number of phosphoric acid groups is 1. The van der Waals surface area contributed by atoms with Crippen LogP contribution in [0.4, 0.5) is 0 Å². The van der Waals surface area contributed by atoms with Crippen LogP contribution in [-0.2, 0) is 32.7 Å². The molecule has 0 aromatic heterocycles. The van der Waals surface area contributed by atoms with Crippen molar-refractivity contribution in [1.29, 1.82) is 0 Å². The Morgan fingerprint density at radius 1 is 0.525 bits per heavy atom. The van der Waals surface area contributed by atoms with Crippen molar-refractivity contribution < 1.29 is 63.1 Å². The van der Waals surface area contributed by atoms with Crippen molar-refractivity contribution in [3.63, 3.8) is 0 Å². The molecule has 6 unspecified atom stereocenters. The minimum Gasteiger partial charge on any atom is -0.462 e. The van der Waals surface area contributed by atoms with Gasteiger partial charge in [0.25, 0.3) is 0 Å². The molecule has 0 radical (unpaired) electrons. The number of esters is 2. The molecule has 0 aliphatic heterocycles. The van der Waals surface area contributed by atoms with Gasteiger partial charge in [-0.05, 0) is 70.6 Å². The molecule has 0 aromatic carbocycles. The van der Waals surface area contributed by atoms with E-state index in [9.17, 15) is 44.6 Å². The summed E-state index contributed by atoms with van der Waals surface area (Å²) in [5, 5.41) is 50.1. The Labute approximate surface area is 366 Å².